The summed E-state index contributed by atoms with van der Waals surface area (Å²) in [6.07, 6.45) is 0.646. The number of rotatable bonds is 4. The first-order valence-electron chi connectivity index (χ1n) is 6.77. The number of carbonyl (C=O) groups excluding carboxylic acids is 1. The van der Waals surface area contributed by atoms with Crippen molar-refractivity contribution in [2.75, 3.05) is 11.9 Å². The van der Waals surface area contributed by atoms with Crippen LogP contribution in [0.25, 0.3) is 0 Å². The summed E-state index contributed by atoms with van der Waals surface area (Å²) in [5.74, 6) is 5.86. The van der Waals surface area contributed by atoms with Gasteiger partial charge in [0.25, 0.3) is 0 Å². The van der Waals surface area contributed by atoms with Crippen LogP contribution in [0.3, 0.4) is 0 Å². The second kappa shape index (κ2) is 8.23. The van der Waals surface area contributed by atoms with Gasteiger partial charge in [-0.3, -0.25) is 5.32 Å². The van der Waals surface area contributed by atoms with Crippen molar-refractivity contribution in [3.05, 3.63) is 29.3 Å². The number of hydrogen-bond acceptors (Lipinski definition) is 3. The number of aliphatic hydroxyl groups excluding tert-OH is 1. The Morgan fingerprint density at radius 3 is 2.80 bits per heavy atom. The van der Waals surface area contributed by atoms with Gasteiger partial charge in [0.2, 0.25) is 0 Å². The molecule has 1 amide bonds. The van der Waals surface area contributed by atoms with Crippen molar-refractivity contribution in [2.24, 2.45) is 0 Å². The van der Waals surface area contributed by atoms with E-state index in [1.807, 2.05) is 25.1 Å². The molecular formula is C16H21NO3. The van der Waals surface area contributed by atoms with E-state index in [1.165, 1.54) is 0 Å². The molecule has 0 aliphatic rings. The highest BCUT2D eigenvalue weighted by Crippen LogP contribution is 2.18. The Morgan fingerprint density at radius 2 is 2.20 bits per heavy atom. The van der Waals surface area contributed by atoms with E-state index >= 15 is 0 Å². The van der Waals surface area contributed by atoms with Crippen LogP contribution in [0, 0.1) is 11.8 Å². The molecule has 0 aromatic heterocycles. The van der Waals surface area contributed by atoms with Gasteiger partial charge in [-0.05, 0) is 44.0 Å². The lowest BCUT2D eigenvalue weighted by Gasteiger charge is -2.12. The van der Waals surface area contributed by atoms with Crippen LogP contribution in [0.5, 0.6) is 0 Å². The average molecular weight is 275 g/mol. The lowest BCUT2D eigenvalue weighted by atomic mass is 10.1. The molecule has 0 saturated carbocycles. The summed E-state index contributed by atoms with van der Waals surface area (Å²) < 4.78 is 5.06. The Morgan fingerprint density at radius 1 is 1.45 bits per heavy atom. The first-order valence-corrected chi connectivity index (χ1v) is 6.77. The Hall–Kier alpha value is -1.99. The van der Waals surface area contributed by atoms with Crippen molar-refractivity contribution < 1.29 is 14.6 Å². The highest BCUT2D eigenvalue weighted by atomic mass is 16.6. The standard InChI is InChI=1S/C16H21NO3/c1-4-14-11-13(7-5-6-10-18)8-9-15(14)17-16(19)20-12(2)3/h8-9,11-12,18H,4,6,10H2,1-3H3,(H,17,19). The minimum atomic E-state index is -0.450. The zero-order valence-corrected chi connectivity index (χ0v) is 12.2. The second-order valence-corrected chi connectivity index (χ2v) is 4.58. The van der Waals surface area contributed by atoms with Gasteiger partial charge in [-0.15, -0.1) is 0 Å². The fourth-order valence-corrected chi connectivity index (χ4v) is 1.66. The highest BCUT2D eigenvalue weighted by molar-refractivity contribution is 5.86. The van der Waals surface area contributed by atoms with E-state index in [4.69, 9.17) is 9.84 Å². The fourth-order valence-electron chi connectivity index (χ4n) is 1.66. The van der Waals surface area contributed by atoms with Gasteiger partial charge < -0.3 is 9.84 Å². The largest absolute Gasteiger partial charge is 0.447 e. The molecule has 0 saturated heterocycles. The first kappa shape index (κ1) is 16.1. The van der Waals surface area contributed by atoms with Crippen LogP contribution in [0.4, 0.5) is 10.5 Å². The number of aryl methyl sites for hydroxylation is 1. The van der Waals surface area contributed by atoms with Crippen molar-refractivity contribution in [2.45, 2.75) is 39.7 Å². The quantitative estimate of drug-likeness (QED) is 0.831. The Bertz CT molecular complexity index is 512. The third kappa shape index (κ3) is 5.33. The maximum Gasteiger partial charge on any atom is 0.411 e. The highest BCUT2D eigenvalue weighted by Gasteiger charge is 2.08. The van der Waals surface area contributed by atoms with Gasteiger partial charge in [-0.2, -0.15) is 0 Å². The molecule has 4 nitrogen and oxygen atoms in total. The number of hydrogen-bond donors (Lipinski definition) is 2. The number of ether oxygens (including phenoxy) is 1. The Balaban J connectivity index is 2.83. The zero-order chi connectivity index (χ0) is 15.0. The predicted octanol–water partition coefficient (Wildman–Crippen LogP) is 2.94. The molecule has 20 heavy (non-hydrogen) atoms. The smallest absolute Gasteiger partial charge is 0.411 e. The number of benzene rings is 1. The van der Waals surface area contributed by atoms with Gasteiger partial charge in [0.15, 0.2) is 0 Å². The lowest BCUT2D eigenvalue weighted by molar-refractivity contribution is 0.130. The Labute approximate surface area is 120 Å². The Kier molecular flexibility index (Phi) is 6.61. The summed E-state index contributed by atoms with van der Waals surface area (Å²) in [6, 6.07) is 5.60. The van der Waals surface area contributed by atoms with Crippen molar-refractivity contribution in [1.82, 2.24) is 0 Å². The fraction of sp³-hybridized carbons (Fsp3) is 0.438. The molecular weight excluding hydrogens is 254 g/mol. The van der Waals surface area contributed by atoms with Crippen LogP contribution < -0.4 is 5.32 Å². The van der Waals surface area contributed by atoms with Gasteiger partial charge in [0.05, 0.1) is 12.7 Å². The maximum atomic E-state index is 11.6. The number of carbonyl (C=O) groups is 1. The number of anilines is 1. The average Bonchev–Trinajstić information content (AvgIpc) is 2.39. The third-order valence-corrected chi connectivity index (χ3v) is 2.54. The van der Waals surface area contributed by atoms with Crippen LogP contribution in [-0.4, -0.2) is 23.9 Å². The van der Waals surface area contributed by atoms with Crippen LogP contribution in [0.1, 0.15) is 38.3 Å². The molecule has 0 fully saturated rings. The van der Waals surface area contributed by atoms with Crippen LogP contribution in [-0.2, 0) is 11.2 Å². The van der Waals surface area contributed by atoms with Gasteiger partial charge in [0.1, 0.15) is 0 Å². The summed E-state index contributed by atoms with van der Waals surface area (Å²) in [5.41, 5.74) is 2.62. The summed E-state index contributed by atoms with van der Waals surface area (Å²) in [4.78, 5) is 11.6. The molecule has 0 heterocycles. The summed E-state index contributed by atoms with van der Waals surface area (Å²) in [5, 5.41) is 11.4. The molecule has 108 valence electrons. The van der Waals surface area contributed by atoms with E-state index < -0.39 is 6.09 Å². The molecule has 4 heteroatoms. The van der Waals surface area contributed by atoms with Crippen LogP contribution in [0.2, 0.25) is 0 Å². The van der Waals surface area contributed by atoms with Crippen LogP contribution in [0.15, 0.2) is 18.2 Å². The number of amides is 1. The monoisotopic (exact) mass is 275 g/mol. The second-order valence-electron chi connectivity index (χ2n) is 4.58. The molecule has 0 aliphatic heterocycles. The third-order valence-electron chi connectivity index (χ3n) is 2.54. The SMILES string of the molecule is CCc1cc(C#CCCO)ccc1NC(=O)OC(C)C. The van der Waals surface area contributed by atoms with Crippen molar-refractivity contribution in [1.29, 1.82) is 0 Å². The van der Waals surface area contributed by atoms with Gasteiger partial charge in [-0.1, -0.05) is 18.8 Å². The predicted molar refractivity (Wildman–Crippen MR) is 79.6 cm³/mol. The van der Waals surface area contributed by atoms with E-state index in [1.54, 1.807) is 13.8 Å². The molecule has 0 spiro atoms. The topological polar surface area (TPSA) is 58.6 Å². The summed E-state index contributed by atoms with van der Waals surface area (Å²) >= 11 is 0. The molecule has 0 radical (unpaired) electrons. The van der Waals surface area contributed by atoms with E-state index in [-0.39, 0.29) is 12.7 Å². The van der Waals surface area contributed by atoms with Gasteiger partial charge in [-0.25, -0.2) is 4.79 Å². The first-order chi connectivity index (χ1) is 9.56. The van der Waals surface area contributed by atoms with E-state index in [0.29, 0.717) is 6.42 Å². The minimum absolute atomic E-state index is 0.0638. The summed E-state index contributed by atoms with van der Waals surface area (Å²) in [6.45, 7) is 5.69. The van der Waals surface area contributed by atoms with Gasteiger partial charge >= 0.3 is 6.09 Å². The molecule has 2 N–H and O–H groups in total. The van der Waals surface area contributed by atoms with Crippen molar-refractivity contribution in [3.63, 3.8) is 0 Å². The van der Waals surface area contributed by atoms with Crippen LogP contribution >= 0.6 is 0 Å². The van der Waals surface area contributed by atoms with E-state index in [9.17, 15) is 4.79 Å². The van der Waals surface area contributed by atoms with Crippen molar-refractivity contribution in [3.8, 4) is 11.8 Å². The summed E-state index contributed by atoms with van der Waals surface area (Å²) in [7, 11) is 0. The molecule has 0 atom stereocenters. The molecule has 1 aromatic rings. The molecule has 0 unspecified atom stereocenters. The lowest BCUT2D eigenvalue weighted by Crippen LogP contribution is -2.18. The molecule has 0 aliphatic carbocycles. The number of nitrogens with one attached hydrogen (secondary N) is 1. The number of aliphatic hydroxyl groups is 1. The molecule has 1 aromatic carbocycles. The maximum absolute atomic E-state index is 11.6. The normalized spacial score (nSPS) is 9.85. The van der Waals surface area contributed by atoms with Gasteiger partial charge in [0, 0.05) is 17.7 Å². The minimum Gasteiger partial charge on any atom is -0.447 e. The molecule has 1 rings (SSSR count). The molecule has 0 bridgehead atoms. The zero-order valence-electron chi connectivity index (χ0n) is 12.2. The van der Waals surface area contributed by atoms with E-state index in [2.05, 4.69) is 17.2 Å². The van der Waals surface area contributed by atoms with E-state index in [0.717, 1.165) is 23.2 Å². The van der Waals surface area contributed by atoms with Crippen molar-refractivity contribution >= 4 is 11.8 Å².